The molecule has 4 nitrogen and oxygen atoms in total. The molecule has 1 heterocycles. The summed E-state index contributed by atoms with van der Waals surface area (Å²) in [6, 6.07) is 0.470. The Bertz CT molecular complexity index is 368. The molecule has 0 aromatic carbocycles. The Morgan fingerprint density at radius 3 is 2.35 bits per heavy atom. The lowest BCUT2D eigenvalue weighted by molar-refractivity contribution is 0.497. The van der Waals surface area contributed by atoms with E-state index in [1.54, 1.807) is 0 Å². The molecule has 17 heavy (non-hydrogen) atoms. The third kappa shape index (κ3) is 2.93. The summed E-state index contributed by atoms with van der Waals surface area (Å²) in [5.41, 5.74) is 7.98. The summed E-state index contributed by atoms with van der Waals surface area (Å²) in [6.07, 6.45) is 2.04. The average molecular weight is 238 g/mol. The number of nitrogens with two attached hydrogens (primary N) is 1. The molecule has 0 aliphatic heterocycles. The van der Waals surface area contributed by atoms with Crippen LogP contribution in [-0.4, -0.2) is 22.9 Å². The van der Waals surface area contributed by atoms with Crippen LogP contribution in [0.2, 0.25) is 0 Å². The average Bonchev–Trinajstić information content (AvgIpc) is 2.51. The molecule has 2 N–H and O–H groups in total. The lowest BCUT2D eigenvalue weighted by atomic mass is 10.0. The monoisotopic (exact) mass is 238 g/mol. The number of nitrogens with zero attached hydrogens (tertiary/aromatic N) is 3. The highest BCUT2D eigenvalue weighted by Gasteiger charge is 2.20. The summed E-state index contributed by atoms with van der Waals surface area (Å²) in [7, 11) is 4.06. The first-order valence-electron chi connectivity index (χ1n) is 6.42. The van der Waals surface area contributed by atoms with Gasteiger partial charge >= 0.3 is 0 Å². The molecule has 1 aromatic heterocycles. The molecule has 4 heteroatoms. The van der Waals surface area contributed by atoms with E-state index in [-0.39, 0.29) is 0 Å². The fraction of sp³-hybridized carbons (Fsp3) is 0.769. The number of hydrogen-bond donors (Lipinski definition) is 1. The van der Waals surface area contributed by atoms with Crippen LogP contribution in [0.25, 0.3) is 0 Å². The van der Waals surface area contributed by atoms with Crippen LogP contribution in [0.1, 0.15) is 39.8 Å². The van der Waals surface area contributed by atoms with Crippen molar-refractivity contribution in [3.63, 3.8) is 0 Å². The summed E-state index contributed by atoms with van der Waals surface area (Å²) in [5.74, 6) is 1.72. The molecule has 0 aliphatic rings. The molecule has 1 atom stereocenters. The van der Waals surface area contributed by atoms with Crippen molar-refractivity contribution in [1.82, 2.24) is 9.78 Å². The van der Waals surface area contributed by atoms with Gasteiger partial charge in [-0.1, -0.05) is 20.8 Å². The smallest absolute Gasteiger partial charge is 0.150 e. The maximum absolute atomic E-state index is 6.16. The molecule has 0 bridgehead atoms. The molecule has 1 aromatic rings. The molecular formula is C13H26N4. The van der Waals surface area contributed by atoms with Crippen molar-refractivity contribution in [2.75, 3.05) is 17.7 Å². The molecule has 0 spiro atoms. The predicted octanol–water partition coefficient (Wildman–Crippen LogP) is 2.44. The first kappa shape index (κ1) is 13.9. The van der Waals surface area contributed by atoms with Gasteiger partial charge in [-0.15, -0.1) is 0 Å². The fourth-order valence-corrected chi connectivity index (χ4v) is 2.31. The minimum absolute atomic E-state index is 0.470. The van der Waals surface area contributed by atoms with Gasteiger partial charge in [0.15, 0.2) is 0 Å². The zero-order chi connectivity index (χ0) is 13.2. The van der Waals surface area contributed by atoms with E-state index in [9.17, 15) is 0 Å². The minimum Gasteiger partial charge on any atom is -0.394 e. The van der Waals surface area contributed by atoms with Gasteiger partial charge < -0.3 is 10.6 Å². The Morgan fingerprint density at radius 1 is 1.35 bits per heavy atom. The Kier molecular flexibility index (Phi) is 4.43. The molecule has 98 valence electrons. The van der Waals surface area contributed by atoms with E-state index < -0.39 is 0 Å². The minimum atomic E-state index is 0.470. The third-order valence-electron chi connectivity index (χ3n) is 3.27. The van der Waals surface area contributed by atoms with Crippen LogP contribution in [0.3, 0.4) is 0 Å². The van der Waals surface area contributed by atoms with E-state index in [0.29, 0.717) is 12.0 Å². The third-order valence-corrected chi connectivity index (χ3v) is 3.27. The van der Waals surface area contributed by atoms with Crippen LogP contribution in [0, 0.1) is 5.92 Å². The maximum atomic E-state index is 6.16. The Labute approximate surface area is 105 Å². The number of aryl methyl sites for hydroxylation is 2. The SMILES string of the molecule is CCc1nn(C)c(N(C)C(C)CC(C)C)c1N. The van der Waals surface area contributed by atoms with Crippen molar-refractivity contribution in [3.05, 3.63) is 5.69 Å². The standard InChI is InChI=1S/C13H26N4/c1-7-11-12(14)13(17(6)15-11)16(5)10(4)8-9(2)3/h9-10H,7-8,14H2,1-6H3. The molecule has 1 unspecified atom stereocenters. The molecule has 0 amide bonds. The van der Waals surface area contributed by atoms with E-state index in [2.05, 4.69) is 44.7 Å². The number of anilines is 2. The van der Waals surface area contributed by atoms with Gasteiger partial charge in [-0.25, -0.2) is 0 Å². The summed E-state index contributed by atoms with van der Waals surface area (Å²) in [4.78, 5) is 2.24. The van der Waals surface area contributed by atoms with Crippen molar-refractivity contribution in [2.24, 2.45) is 13.0 Å². The van der Waals surface area contributed by atoms with Crippen LogP contribution >= 0.6 is 0 Å². The van der Waals surface area contributed by atoms with E-state index in [1.165, 1.54) is 0 Å². The Hall–Kier alpha value is -1.19. The maximum Gasteiger partial charge on any atom is 0.150 e. The number of rotatable bonds is 5. The zero-order valence-corrected chi connectivity index (χ0v) is 12.0. The molecule has 0 fully saturated rings. The van der Waals surface area contributed by atoms with Gasteiger partial charge in [0, 0.05) is 20.1 Å². The highest BCUT2D eigenvalue weighted by atomic mass is 15.4. The normalized spacial score (nSPS) is 13.1. The van der Waals surface area contributed by atoms with Gasteiger partial charge in [-0.05, 0) is 25.7 Å². The summed E-state index contributed by atoms with van der Waals surface area (Å²) in [6.45, 7) is 8.81. The Morgan fingerprint density at radius 2 is 1.94 bits per heavy atom. The number of nitrogen functional groups attached to an aromatic ring is 1. The van der Waals surface area contributed by atoms with E-state index in [4.69, 9.17) is 5.73 Å². The van der Waals surface area contributed by atoms with Gasteiger partial charge in [0.1, 0.15) is 5.82 Å². The van der Waals surface area contributed by atoms with Crippen LogP contribution in [0.5, 0.6) is 0 Å². The second-order valence-electron chi connectivity index (χ2n) is 5.25. The second kappa shape index (κ2) is 5.43. The molecule has 1 rings (SSSR count). The predicted molar refractivity (Wildman–Crippen MR) is 74.3 cm³/mol. The number of aromatic nitrogens is 2. The second-order valence-corrected chi connectivity index (χ2v) is 5.25. The van der Waals surface area contributed by atoms with Gasteiger partial charge in [-0.2, -0.15) is 5.10 Å². The highest BCUT2D eigenvalue weighted by Crippen LogP contribution is 2.28. The van der Waals surface area contributed by atoms with E-state index >= 15 is 0 Å². The molecule has 0 radical (unpaired) electrons. The molecular weight excluding hydrogens is 212 g/mol. The molecule has 0 saturated heterocycles. The molecule has 0 aliphatic carbocycles. The summed E-state index contributed by atoms with van der Waals surface area (Å²) >= 11 is 0. The van der Waals surface area contributed by atoms with Crippen LogP contribution in [0.15, 0.2) is 0 Å². The van der Waals surface area contributed by atoms with Crippen molar-refractivity contribution < 1.29 is 0 Å². The van der Waals surface area contributed by atoms with Crippen molar-refractivity contribution in [2.45, 2.75) is 46.6 Å². The highest BCUT2D eigenvalue weighted by molar-refractivity contribution is 5.66. The molecule has 0 saturated carbocycles. The summed E-state index contributed by atoms with van der Waals surface area (Å²) < 4.78 is 1.89. The van der Waals surface area contributed by atoms with Gasteiger partial charge in [0.05, 0.1) is 11.4 Å². The van der Waals surface area contributed by atoms with Crippen LogP contribution in [-0.2, 0) is 13.5 Å². The number of hydrogen-bond acceptors (Lipinski definition) is 3. The van der Waals surface area contributed by atoms with Crippen LogP contribution < -0.4 is 10.6 Å². The first-order valence-corrected chi connectivity index (χ1v) is 6.42. The quantitative estimate of drug-likeness (QED) is 0.857. The van der Waals surface area contributed by atoms with Gasteiger partial charge in [0.25, 0.3) is 0 Å². The Balaban J connectivity index is 2.95. The zero-order valence-electron chi connectivity index (χ0n) is 12.0. The fourth-order valence-electron chi connectivity index (χ4n) is 2.31. The van der Waals surface area contributed by atoms with Gasteiger partial charge in [-0.3, -0.25) is 4.68 Å². The van der Waals surface area contributed by atoms with E-state index in [0.717, 1.165) is 30.0 Å². The van der Waals surface area contributed by atoms with Crippen molar-refractivity contribution >= 4 is 11.5 Å². The van der Waals surface area contributed by atoms with E-state index in [1.807, 2.05) is 11.7 Å². The van der Waals surface area contributed by atoms with Crippen molar-refractivity contribution in [3.8, 4) is 0 Å². The van der Waals surface area contributed by atoms with Gasteiger partial charge in [0.2, 0.25) is 0 Å². The lowest BCUT2D eigenvalue weighted by Gasteiger charge is -2.28. The first-order chi connectivity index (χ1) is 7.88. The lowest BCUT2D eigenvalue weighted by Crippen LogP contribution is -2.32. The van der Waals surface area contributed by atoms with Crippen LogP contribution in [0.4, 0.5) is 11.5 Å². The largest absolute Gasteiger partial charge is 0.394 e. The topological polar surface area (TPSA) is 47.1 Å². The van der Waals surface area contributed by atoms with Crippen molar-refractivity contribution in [1.29, 1.82) is 0 Å². The summed E-state index contributed by atoms with van der Waals surface area (Å²) in [5, 5.41) is 4.46.